The molecule has 2 rings (SSSR count). The molecule has 2 aromatic rings. The first-order valence-electron chi connectivity index (χ1n) is 6.94. The first-order chi connectivity index (χ1) is 11.2. The van der Waals surface area contributed by atoms with Gasteiger partial charge in [0, 0.05) is 11.8 Å². The zero-order valence-electron chi connectivity index (χ0n) is 12.8. The van der Waals surface area contributed by atoms with Crippen molar-refractivity contribution in [1.82, 2.24) is 15.3 Å². The number of carbonyl (C=O) groups excluding carboxylic acids is 1. The Morgan fingerprint density at radius 3 is 2.67 bits per heavy atom. The number of nitrogens with zero attached hydrogens (tertiary/aromatic N) is 2. The molecule has 1 amide bonds. The van der Waals surface area contributed by atoms with Crippen LogP contribution >= 0.6 is 0 Å². The molecular formula is C15H14F3N3O3. The minimum absolute atomic E-state index is 0.0767. The summed E-state index contributed by atoms with van der Waals surface area (Å²) in [6.45, 7) is 3.31. The first-order valence-corrected chi connectivity index (χ1v) is 6.94. The van der Waals surface area contributed by atoms with Crippen LogP contribution in [0.1, 0.15) is 28.7 Å². The van der Waals surface area contributed by atoms with E-state index in [4.69, 9.17) is 4.84 Å². The van der Waals surface area contributed by atoms with Crippen molar-refractivity contribution in [2.45, 2.75) is 20.0 Å². The summed E-state index contributed by atoms with van der Waals surface area (Å²) in [5.41, 5.74) is 0.389. The van der Waals surface area contributed by atoms with Gasteiger partial charge in [-0.25, -0.2) is 10.2 Å². The predicted molar refractivity (Wildman–Crippen MR) is 78.7 cm³/mol. The maximum atomic E-state index is 12.8. The van der Waals surface area contributed by atoms with Crippen LogP contribution in [0.15, 0.2) is 35.1 Å². The number of hydrogen-bond acceptors (Lipinski definition) is 4. The summed E-state index contributed by atoms with van der Waals surface area (Å²) in [5, 5.41) is 3.86. The molecule has 0 spiro atoms. The van der Waals surface area contributed by atoms with Gasteiger partial charge in [0.15, 0.2) is 5.69 Å². The van der Waals surface area contributed by atoms with Gasteiger partial charge in [-0.1, -0.05) is 6.07 Å². The van der Waals surface area contributed by atoms with E-state index in [-0.39, 0.29) is 18.0 Å². The standard InChI is InChI=1S/C15H14F3N3O3/c1-3-24-20-14(23)13-12(22)7-9(2)21(19-13)11-6-4-5-10(8-11)15(16,17)18/h4-8H,3H2,1-2H3,(H,20,23). The Hall–Kier alpha value is -2.68. The van der Waals surface area contributed by atoms with Crippen molar-refractivity contribution in [2.24, 2.45) is 0 Å². The molecule has 128 valence electrons. The first kappa shape index (κ1) is 17.7. The average molecular weight is 341 g/mol. The summed E-state index contributed by atoms with van der Waals surface area (Å²) in [6.07, 6.45) is -4.52. The number of aryl methyl sites for hydroxylation is 1. The molecule has 0 aliphatic heterocycles. The van der Waals surface area contributed by atoms with E-state index in [0.717, 1.165) is 22.9 Å². The number of halogens is 3. The molecule has 1 N–H and O–H groups in total. The Morgan fingerprint density at radius 1 is 1.33 bits per heavy atom. The monoisotopic (exact) mass is 341 g/mol. The number of aromatic nitrogens is 2. The molecule has 0 fully saturated rings. The van der Waals surface area contributed by atoms with Gasteiger partial charge in [-0.3, -0.25) is 14.4 Å². The number of alkyl halides is 3. The van der Waals surface area contributed by atoms with E-state index in [1.54, 1.807) is 6.92 Å². The van der Waals surface area contributed by atoms with Crippen molar-refractivity contribution in [1.29, 1.82) is 0 Å². The second kappa shape index (κ2) is 6.83. The maximum absolute atomic E-state index is 12.8. The second-order valence-electron chi connectivity index (χ2n) is 4.82. The molecular weight excluding hydrogens is 327 g/mol. The van der Waals surface area contributed by atoms with Gasteiger partial charge in [-0.05, 0) is 32.0 Å². The fourth-order valence-corrected chi connectivity index (χ4v) is 1.97. The number of nitrogens with one attached hydrogen (secondary N) is 1. The van der Waals surface area contributed by atoms with Crippen LogP contribution < -0.4 is 10.9 Å². The molecule has 0 radical (unpaired) electrons. The topological polar surface area (TPSA) is 73.2 Å². The van der Waals surface area contributed by atoms with Crippen molar-refractivity contribution >= 4 is 5.91 Å². The molecule has 0 saturated heterocycles. The molecule has 0 atom stereocenters. The molecule has 0 bridgehead atoms. The maximum Gasteiger partial charge on any atom is 0.416 e. The SMILES string of the molecule is CCONC(=O)c1nn(-c2cccc(C(F)(F)F)c2)c(C)cc1=O. The predicted octanol–water partition coefficient (Wildman–Crippen LogP) is 2.24. The number of hydrogen-bond donors (Lipinski definition) is 1. The average Bonchev–Trinajstić information content (AvgIpc) is 2.52. The summed E-state index contributed by atoms with van der Waals surface area (Å²) in [6, 6.07) is 5.54. The van der Waals surface area contributed by atoms with Crippen LogP contribution in [0, 0.1) is 6.92 Å². The Bertz CT molecular complexity index is 816. The lowest BCUT2D eigenvalue weighted by atomic mass is 10.2. The molecule has 1 heterocycles. The molecule has 24 heavy (non-hydrogen) atoms. The molecule has 0 aliphatic carbocycles. The van der Waals surface area contributed by atoms with E-state index in [1.165, 1.54) is 19.1 Å². The van der Waals surface area contributed by atoms with E-state index in [2.05, 4.69) is 5.10 Å². The molecule has 0 saturated carbocycles. The van der Waals surface area contributed by atoms with E-state index < -0.39 is 28.8 Å². The summed E-state index contributed by atoms with van der Waals surface area (Å²) < 4.78 is 39.6. The Labute approximate surface area is 134 Å². The lowest BCUT2D eigenvalue weighted by Crippen LogP contribution is -2.32. The second-order valence-corrected chi connectivity index (χ2v) is 4.82. The normalized spacial score (nSPS) is 11.4. The van der Waals surface area contributed by atoms with Crippen LogP contribution in [0.25, 0.3) is 5.69 Å². The van der Waals surface area contributed by atoms with Gasteiger partial charge in [0.1, 0.15) is 0 Å². The van der Waals surface area contributed by atoms with E-state index in [9.17, 15) is 22.8 Å². The van der Waals surface area contributed by atoms with Crippen LogP contribution in [-0.2, 0) is 11.0 Å². The van der Waals surface area contributed by atoms with Crippen molar-refractivity contribution < 1.29 is 22.8 Å². The molecule has 1 aromatic heterocycles. The molecule has 9 heteroatoms. The third kappa shape index (κ3) is 3.80. The summed E-state index contributed by atoms with van der Waals surface area (Å²) >= 11 is 0. The van der Waals surface area contributed by atoms with E-state index >= 15 is 0 Å². The van der Waals surface area contributed by atoms with Crippen LogP contribution in [0.3, 0.4) is 0 Å². The summed E-state index contributed by atoms with van der Waals surface area (Å²) in [7, 11) is 0. The van der Waals surface area contributed by atoms with Crippen LogP contribution in [0.5, 0.6) is 0 Å². The number of amides is 1. The third-order valence-electron chi connectivity index (χ3n) is 3.05. The van der Waals surface area contributed by atoms with Crippen molar-refractivity contribution in [3.05, 3.63) is 57.5 Å². The highest BCUT2D eigenvalue weighted by molar-refractivity contribution is 5.91. The third-order valence-corrected chi connectivity index (χ3v) is 3.05. The van der Waals surface area contributed by atoms with Gasteiger partial charge in [-0.2, -0.15) is 18.3 Å². The largest absolute Gasteiger partial charge is 0.416 e. The minimum Gasteiger partial charge on any atom is -0.287 e. The van der Waals surface area contributed by atoms with Crippen molar-refractivity contribution in [3.63, 3.8) is 0 Å². The fourth-order valence-electron chi connectivity index (χ4n) is 1.97. The van der Waals surface area contributed by atoms with Gasteiger partial charge < -0.3 is 0 Å². The molecule has 1 aromatic carbocycles. The molecule has 0 aliphatic rings. The highest BCUT2D eigenvalue weighted by Gasteiger charge is 2.30. The number of rotatable bonds is 4. The zero-order valence-corrected chi connectivity index (χ0v) is 12.8. The lowest BCUT2D eigenvalue weighted by Gasteiger charge is -2.13. The highest BCUT2D eigenvalue weighted by Crippen LogP contribution is 2.30. The van der Waals surface area contributed by atoms with Crippen LogP contribution in [0.2, 0.25) is 0 Å². The minimum atomic E-state index is -4.52. The Morgan fingerprint density at radius 2 is 2.04 bits per heavy atom. The van der Waals surface area contributed by atoms with Gasteiger partial charge in [0.25, 0.3) is 5.91 Å². The Kier molecular flexibility index (Phi) is 5.03. The van der Waals surface area contributed by atoms with Crippen LogP contribution in [0.4, 0.5) is 13.2 Å². The van der Waals surface area contributed by atoms with Crippen molar-refractivity contribution in [2.75, 3.05) is 6.61 Å². The highest BCUT2D eigenvalue weighted by atomic mass is 19.4. The van der Waals surface area contributed by atoms with Gasteiger partial charge in [-0.15, -0.1) is 0 Å². The van der Waals surface area contributed by atoms with E-state index in [0.29, 0.717) is 0 Å². The summed E-state index contributed by atoms with van der Waals surface area (Å²) in [4.78, 5) is 28.4. The van der Waals surface area contributed by atoms with Gasteiger partial charge >= 0.3 is 6.18 Å². The smallest absolute Gasteiger partial charge is 0.287 e. The number of carbonyl (C=O) groups is 1. The zero-order chi connectivity index (χ0) is 17.9. The van der Waals surface area contributed by atoms with Gasteiger partial charge in [0.2, 0.25) is 5.43 Å². The number of benzene rings is 1. The van der Waals surface area contributed by atoms with Gasteiger partial charge in [0.05, 0.1) is 17.9 Å². The number of hydroxylamine groups is 1. The van der Waals surface area contributed by atoms with Crippen molar-refractivity contribution in [3.8, 4) is 5.69 Å². The Balaban J connectivity index is 2.51. The summed E-state index contributed by atoms with van der Waals surface area (Å²) in [5.74, 6) is -0.873. The van der Waals surface area contributed by atoms with E-state index in [1.807, 2.05) is 5.48 Å². The fraction of sp³-hybridized carbons (Fsp3) is 0.267. The molecule has 0 unspecified atom stereocenters. The molecule has 6 nitrogen and oxygen atoms in total. The quantitative estimate of drug-likeness (QED) is 0.866. The lowest BCUT2D eigenvalue weighted by molar-refractivity contribution is -0.137. The van der Waals surface area contributed by atoms with Crippen LogP contribution in [-0.4, -0.2) is 22.3 Å².